The molecule has 0 aliphatic rings. The van der Waals surface area contributed by atoms with Gasteiger partial charge >= 0.3 is 0 Å². The number of methoxy groups -OCH3 is 1. The first-order valence-electron chi connectivity index (χ1n) is 3.75. The molecular formula is C9H11NO2. The SMILES string of the molecule is COCc1ccc(C(C)C#N)o1. The molecule has 0 saturated carbocycles. The van der Waals surface area contributed by atoms with Crippen LogP contribution in [0.25, 0.3) is 0 Å². The van der Waals surface area contributed by atoms with Gasteiger partial charge in [0.1, 0.15) is 24.0 Å². The Morgan fingerprint density at radius 1 is 1.67 bits per heavy atom. The van der Waals surface area contributed by atoms with E-state index < -0.39 is 0 Å². The van der Waals surface area contributed by atoms with Gasteiger partial charge in [-0.05, 0) is 19.1 Å². The minimum atomic E-state index is -0.185. The molecule has 0 spiro atoms. The molecule has 1 unspecified atom stereocenters. The van der Waals surface area contributed by atoms with Crippen molar-refractivity contribution in [3.05, 3.63) is 23.7 Å². The van der Waals surface area contributed by atoms with Crippen molar-refractivity contribution in [2.45, 2.75) is 19.4 Å². The van der Waals surface area contributed by atoms with E-state index in [1.54, 1.807) is 14.0 Å². The lowest BCUT2D eigenvalue weighted by Gasteiger charge is -1.96. The van der Waals surface area contributed by atoms with E-state index >= 15 is 0 Å². The van der Waals surface area contributed by atoms with E-state index in [2.05, 4.69) is 6.07 Å². The van der Waals surface area contributed by atoms with Crippen LogP contribution in [0.5, 0.6) is 0 Å². The van der Waals surface area contributed by atoms with Crippen LogP contribution in [0.4, 0.5) is 0 Å². The van der Waals surface area contributed by atoms with Crippen molar-refractivity contribution in [1.29, 1.82) is 5.26 Å². The fourth-order valence-electron chi connectivity index (χ4n) is 0.911. The summed E-state index contributed by atoms with van der Waals surface area (Å²) >= 11 is 0. The molecule has 0 bridgehead atoms. The van der Waals surface area contributed by atoms with Gasteiger partial charge in [0.25, 0.3) is 0 Å². The van der Waals surface area contributed by atoms with Crippen LogP contribution in [0.15, 0.2) is 16.5 Å². The lowest BCUT2D eigenvalue weighted by Crippen LogP contribution is -1.86. The van der Waals surface area contributed by atoms with Crippen molar-refractivity contribution in [2.24, 2.45) is 0 Å². The second kappa shape index (κ2) is 3.93. The molecule has 0 aliphatic carbocycles. The zero-order chi connectivity index (χ0) is 8.97. The van der Waals surface area contributed by atoms with Crippen LogP contribution in [0.1, 0.15) is 24.4 Å². The summed E-state index contributed by atoms with van der Waals surface area (Å²) in [5.74, 6) is 1.27. The molecule has 0 amide bonds. The quantitative estimate of drug-likeness (QED) is 0.688. The van der Waals surface area contributed by atoms with Crippen LogP contribution in [-0.4, -0.2) is 7.11 Å². The van der Waals surface area contributed by atoms with Crippen LogP contribution in [0.2, 0.25) is 0 Å². The molecule has 0 fully saturated rings. The van der Waals surface area contributed by atoms with E-state index in [0.717, 1.165) is 5.76 Å². The van der Waals surface area contributed by atoms with Gasteiger partial charge in [-0.3, -0.25) is 0 Å². The molecule has 0 radical (unpaired) electrons. The Bertz CT molecular complexity index is 285. The second-order valence-electron chi connectivity index (χ2n) is 2.59. The molecule has 1 aromatic heterocycles. The van der Waals surface area contributed by atoms with Gasteiger partial charge in [-0.15, -0.1) is 0 Å². The van der Waals surface area contributed by atoms with Gasteiger partial charge < -0.3 is 9.15 Å². The smallest absolute Gasteiger partial charge is 0.129 e. The Balaban J connectivity index is 2.71. The normalized spacial score (nSPS) is 12.4. The summed E-state index contributed by atoms with van der Waals surface area (Å²) in [5.41, 5.74) is 0. The first-order chi connectivity index (χ1) is 5.77. The van der Waals surface area contributed by atoms with Gasteiger partial charge in [-0.2, -0.15) is 5.26 Å². The highest BCUT2D eigenvalue weighted by Gasteiger charge is 2.08. The number of nitrogens with zero attached hydrogens (tertiary/aromatic N) is 1. The summed E-state index contributed by atoms with van der Waals surface area (Å²) in [5, 5.41) is 8.59. The third-order valence-corrected chi connectivity index (χ3v) is 1.59. The van der Waals surface area contributed by atoms with E-state index in [4.69, 9.17) is 14.4 Å². The average molecular weight is 165 g/mol. The van der Waals surface area contributed by atoms with Gasteiger partial charge in [0.2, 0.25) is 0 Å². The number of rotatable bonds is 3. The van der Waals surface area contributed by atoms with E-state index in [1.807, 2.05) is 12.1 Å². The standard InChI is InChI=1S/C9H11NO2/c1-7(5-10)9-4-3-8(12-9)6-11-2/h3-4,7H,6H2,1-2H3. The van der Waals surface area contributed by atoms with Gasteiger partial charge in [0.05, 0.1) is 6.07 Å². The largest absolute Gasteiger partial charge is 0.462 e. The lowest BCUT2D eigenvalue weighted by molar-refractivity contribution is 0.162. The third kappa shape index (κ3) is 1.86. The monoisotopic (exact) mass is 165 g/mol. The first kappa shape index (κ1) is 8.82. The second-order valence-corrected chi connectivity index (χ2v) is 2.59. The molecule has 0 N–H and O–H groups in total. The van der Waals surface area contributed by atoms with Crippen molar-refractivity contribution < 1.29 is 9.15 Å². The Morgan fingerprint density at radius 3 is 3.00 bits per heavy atom. The molecule has 1 atom stereocenters. The topological polar surface area (TPSA) is 46.2 Å². The predicted octanol–water partition coefficient (Wildman–Crippen LogP) is 2.05. The first-order valence-corrected chi connectivity index (χ1v) is 3.75. The van der Waals surface area contributed by atoms with Crippen molar-refractivity contribution in [3.8, 4) is 6.07 Å². The van der Waals surface area contributed by atoms with E-state index in [-0.39, 0.29) is 5.92 Å². The third-order valence-electron chi connectivity index (χ3n) is 1.59. The fourth-order valence-corrected chi connectivity index (χ4v) is 0.911. The van der Waals surface area contributed by atoms with Gasteiger partial charge in [0, 0.05) is 7.11 Å². The highest BCUT2D eigenvalue weighted by molar-refractivity contribution is 5.15. The van der Waals surface area contributed by atoms with E-state index in [9.17, 15) is 0 Å². The lowest BCUT2D eigenvalue weighted by atomic mass is 10.1. The molecule has 1 heterocycles. The molecule has 0 aromatic carbocycles. The molecule has 0 aliphatic heterocycles. The van der Waals surface area contributed by atoms with Crippen molar-refractivity contribution >= 4 is 0 Å². The minimum Gasteiger partial charge on any atom is -0.462 e. The predicted molar refractivity (Wildman–Crippen MR) is 43.4 cm³/mol. The molecule has 3 heteroatoms. The molecule has 1 rings (SSSR count). The van der Waals surface area contributed by atoms with E-state index in [0.29, 0.717) is 12.4 Å². The maximum Gasteiger partial charge on any atom is 0.129 e. The summed E-state index contributed by atoms with van der Waals surface area (Å²) in [4.78, 5) is 0. The Hall–Kier alpha value is -1.27. The van der Waals surface area contributed by atoms with Gasteiger partial charge in [-0.1, -0.05) is 0 Å². The van der Waals surface area contributed by atoms with Crippen LogP contribution >= 0.6 is 0 Å². The molecule has 64 valence electrons. The Kier molecular flexibility index (Phi) is 2.89. The van der Waals surface area contributed by atoms with Crippen LogP contribution in [-0.2, 0) is 11.3 Å². The van der Waals surface area contributed by atoms with Crippen LogP contribution in [0.3, 0.4) is 0 Å². The summed E-state index contributed by atoms with van der Waals surface area (Å²) in [7, 11) is 1.61. The molecule has 1 aromatic rings. The molecule has 3 nitrogen and oxygen atoms in total. The zero-order valence-corrected chi connectivity index (χ0v) is 7.20. The maximum absolute atomic E-state index is 8.59. The van der Waals surface area contributed by atoms with Crippen molar-refractivity contribution in [3.63, 3.8) is 0 Å². The summed E-state index contributed by atoms with van der Waals surface area (Å²) in [6, 6.07) is 5.74. The van der Waals surface area contributed by atoms with Crippen molar-refractivity contribution in [2.75, 3.05) is 7.11 Å². The fraction of sp³-hybridized carbons (Fsp3) is 0.444. The summed E-state index contributed by atoms with van der Waals surface area (Å²) in [6.07, 6.45) is 0. The Morgan fingerprint density at radius 2 is 2.42 bits per heavy atom. The zero-order valence-electron chi connectivity index (χ0n) is 7.20. The summed E-state index contributed by atoms with van der Waals surface area (Å²) in [6.45, 7) is 2.26. The molecule has 0 saturated heterocycles. The number of furan rings is 1. The molecule has 12 heavy (non-hydrogen) atoms. The Labute approximate surface area is 71.6 Å². The highest BCUT2D eigenvalue weighted by atomic mass is 16.5. The number of hydrogen-bond acceptors (Lipinski definition) is 3. The summed E-state index contributed by atoms with van der Waals surface area (Å²) < 4.78 is 10.2. The van der Waals surface area contributed by atoms with Crippen LogP contribution in [0, 0.1) is 11.3 Å². The average Bonchev–Trinajstić information content (AvgIpc) is 2.52. The highest BCUT2D eigenvalue weighted by Crippen LogP contribution is 2.17. The van der Waals surface area contributed by atoms with Gasteiger partial charge in [0.15, 0.2) is 0 Å². The number of hydrogen-bond donors (Lipinski definition) is 0. The minimum absolute atomic E-state index is 0.185. The number of ether oxygens (including phenoxy) is 1. The maximum atomic E-state index is 8.59. The van der Waals surface area contributed by atoms with Crippen LogP contribution < -0.4 is 0 Å². The molecular weight excluding hydrogens is 154 g/mol. The van der Waals surface area contributed by atoms with Crippen molar-refractivity contribution in [1.82, 2.24) is 0 Å². The van der Waals surface area contributed by atoms with Gasteiger partial charge in [-0.25, -0.2) is 0 Å². The van der Waals surface area contributed by atoms with E-state index in [1.165, 1.54) is 0 Å². The number of nitriles is 1.